The van der Waals surface area contributed by atoms with Gasteiger partial charge in [0.25, 0.3) is 0 Å². The normalized spacial score (nSPS) is 14.2. The molecular formula is C20H34. The molecule has 20 heavy (non-hydrogen) atoms. The highest BCUT2D eigenvalue weighted by Gasteiger charge is 2.13. The molecule has 0 radical (unpaired) electrons. The van der Waals surface area contributed by atoms with Gasteiger partial charge in [0.05, 0.1) is 0 Å². The van der Waals surface area contributed by atoms with E-state index < -0.39 is 0 Å². The molecule has 0 aliphatic rings. The Morgan fingerprint density at radius 1 is 0.900 bits per heavy atom. The van der Waals surface area contributed by atoms with Crippen molar-refractivity contribution in [3.05, 3.63) is 35.4 Å². The molecule has 1 aromatic carbocycles. The van der Waals surface area contributed by atoms with E-state index in [0.717, 1.165) is 11.8 Å². The fourth-order valence-electron chi connectivity index (χ4n) is 3.08. The van der Waals surface area contributed by atoms with Crippen LogP contribution in [0.2, 0.25) is 0 Å². The van der Waals surface area contributed by atoms with Gasteiger partial charge in [-0.1, -0.05) is 89.1 Å². The van der Waals surface area contributed by atoms with Crippen LogP contribution in [0.3, 0.4) is 0 Å². The van der Waals surface area contributed by atoms with Crippen LogP contribution in [0.25, 0.3) is 0 Å². The van der Waals surface area contributed by atoms with Crippen molar-refractivity contribution in [1.29, 1.82) is 0 Å². The lowest BCUT2D eigenvalue weighted by Crippen LogP contribution is -2.05. The number of hydrogen-bond donors (Lipinski definition) is 0. The summed E-state index contributed by atoms with van der Waals surface area (Å²) in [4.78, 5) is 0. The average Bonchev–Trinajstić information content (AvgIpc) is 2.45. The van der Waals surface area contributed by atoms with E-state index in [0.29, 0.717) is 0 Å². The van der Waals surface area contributed by atoms with Crippen LogP contribution in [0.1, 0.15) is 89.2 Å². The van der Waals surface area contributed by atoms with Crippen LogP contribution in [0.4, 0.5) is 0 Å². The first-order valence-corrected chi connectivity index (χ1v) is 8.73. The van der Waals surface area contributed by atoms with Crippen molar-refractivity contribution in [2.45, 2.75) is 85.0 Å². The fourth-order valence-corrected chi connectivity index (χ4v) is 3.08. The quantitative estimate of drug-likeness (QED) is 0.408. The van der Waals surface area contributed by atoms with Gasteiger partial charge in [0.15, 0.2) is 0 Å². The molecule has 0 fully saturated rings. The third kappa shape index (κ3) is 6.59. The molecule has 2 unspecified atom stereocenters. The van der Waals surface area contributed by atoms with Crippen molar-refractivity contribution in [2.24, 2.45) is 5.92 Å². The third-order valence-electron chi connectivity index (χ3n) is 4.53. The van der Waals surface area contributed by atoms with Crippen LogP contribution >= 0.6 is 0 Å². The van der Waals surface area contributed by atoms with Gasteiger partial charge in [-0.05, 0) is 37.2 Å². The summed E-state index contributed by atoms with van der Waals surface area (Å²) in [6, 6.07) is 9.18. The van der Waals surface area contributed by atoms with Crippen LogP contribution in [-0.4, -0.2) is 0 Å². The average molecular weight is 274 g/mol. The van der Waals surface area contributed by atoms with Gasteiger partial charge in [-0.2, -0.15) is 0 Å². The zero-order chi connectivity index (χ0) is 14.8. The van der Waals surface area contributed by atoms with Gasteiger partial charge < -0.3 is 0 Å². The lowest BCUT2D eigenvalue weighted by molar-refractivity contribution is 0.412. The van der Waals surface area contributed by atoms with Crippen LogP contribution in [0, 0.1) is 12.8 Å². The topological polar surface area (TPSA) is 0 Å². The first kappa shape index (κ1) is 17.3. The molecule has 0 aliphatic heterocycles. The highest BCUT2D eigenvalue weighted by molar-refractivity contribution is 5.24. The molecular weight excluding hydrogens is 240 g/mol. The number of benzene rings is 1. The monoisotopic (exact) mass is 274 g/mol. The highest BCUT2D eigenvalue weighted by Crippen LogP contribution is 2.29. The molecule has 0 bridgehead atoms. The Morgan fingerprint density at radius 2 is 1.55 bits per heavy atom. The maximum Gasteiger partial charge on any atom is -0.0162 e. The summed E-state index contributed by atoms with van der Waals surface area (Å²) in [5.74, 6) is 1.61. The minimum Gasteiger partial charge on any atom is -0.0654 e. The molecule has 0 heteroatoms. The maximum atomic E-state index is 2.44. The van der Waals surface area contributed by atoms with E-state index in [1.807, 2.05) is 0 Å². The lowest BCUT2D eigenvalue weighted by atomic mass is 9.85. The van der Waals surface area contributed by atoms with Gasteiger partial charge >= 0.3 is 0 Å². The van der Waals surface area contributed by atoms with Gasteiger partial charge in [0.1, 0.15) is 0 Å². The Bertz CT molecular complexity index is 336. The lowest BCUT2D eigenvalue weighted by Gasteiger charge is -2.20. The molecule has 0 spiro atoms. The van der Waals surface area contributed by atoms with Gasteiger partial charge in [-0.15, -0.1) is 0 Å². The number of rotatable bonds is 10. The molecule has 1 rings (SSSR count). The van der Waals surface area contributed by atoms with E-state index in [4.69, 9.17) is 0 Å². The molecule has 0 heterocycles. The van der Waals surface area contributed by atoms with Gasteiger partial charge in [0, 0.05) is 0 Å². The number of hydrogen-bond acceptors (Lipinski definition) is 0. The first-order valence-electron chi connectivity index (χ1n) is 8.73. The van der Waals surface area contributed by atoms with Crippen molar-refractivity contribution >= 4 is 0 Å². The maximum absolute atomic E-state index is 2.44. The van der Waals surface area contributed by atoms with Crippen molar-refractivity contribution in [1.82, 2.24) is 0 Å². The minimum atomic E-state index is 0.751. The molecule has 0 amide bonds. The predicted octanol–water partition coefficient (Wildman–Crippen LogP) is 6.88. The fraction of sp³-hybridized carbons (Fsp3) is 0.700. The molecule has 0 aliphatic carbocycles. The Balaban J connectivity index is 2.34. The van der Waals surface area contributed by atoms with Gasteiger partial charge in [-0.25, -0.2) is 0 Å². The van der Waals surface area contributed by atoms with Crippen molar-refractivity contribution in [3.8, 4) is 0 Å². The van der Waals surface area contributed by atoms with Crippen molar-refractivity contribution in [3.63, 3.8) is 0 Å². The highest BCUT2D eigenvalue weighted by atomic mass is 14.2. The van der Waals surface area contributed by atoms with E-state index in [-0.39, 0.29) is 0 Å². The third-order valence-corrected chi connectivity index (χ3v) is 4.53. The molecule has 0 nitrogen and oxygen atoms in total. The molecule has 0 saturated carbocycles. The summed E-state index contributed by atoms with van der Waals surface area (Å²) in [5, 5.41) is 0. The Hall–Kier alpha value is -0.780. The van der Waals surface area contributed by atoms with E-state index >= 15 is 0 Å². The second kappa shape index (κ2) is 10.0. The summed E-state index contributed by atoms with van der Waals surface area (Å²) in [6.45, 7) is 9.23. The molecule has 0 N–H and O–H groups in total. The second-order valence-corrected chi connectivity index (χ2v) is 6.56. The van der Waals surface area contributed by atoms with E-state index in [1.165, 1.54) is 62.5 Å². The van der Waals surface area contributed by atoms with Gasteiger partial charge in [-0.3, -0.25) is 0 Å². The molecule has 1 aromatic rings. The summed E-state index contributed by atoms with van der Waals surface area (Å²) in [5.41, 5.74) is 2.91. The van der Waals surface area contributed by atoms with E-state index in [1.54, 1.807) is 0 Å². The van der Waals surface area contributed by atoms with Crippen LogP contribution in [0.5, 0.6) is 0 Å². The molecule has 114 valence electrons. The van der Waals surface area contributed by atoms with Crippen molar-refractivity contribution in [2.75, 3.05) is 0 Å². The largest absolute Gasteiger partial charge is 0.0654 e. The number of unbranched alkanes of at least 4 members (excludes halogenated alkanes) is 4. The summed E-state index contributed by atoms with van der Waals surface area (Å²) in [7, 11) is 0. The standard InChI is InChI=1S/C20H34/c1-5-7-8-9-10-11-18(4)16-19(6-2)20-14-12-17(3)13-15-20/h12-15,18-19H,5-11,16H2,1-4H3. The zero-order valence-corrected chi connectivity index (χ0v) is 14.1. The second-order valence-electron chi connectivity index (χ2n) is 6.56. The minimum absolute atomic E-state index is 0.751. The Morgan fingerprint density at radius 3 is 2.15 bits per heavy atom. The first-order chi connectivity index (χ1) is 9.67. The summed E-state index contributed by atoms with van der Waals surface area (Å²) < 4.78 is 0. The Kier molecular flexibility index (Phi) is 8.65. The van der Waals surface area contributed by atoms with Gasteiger partial charge in [0.2, 0.25) is 0 Å². The SMILES string of the molecule is CCCCCCCC(C)CC(CC)c1ccc(C)cc1. The molecule has 0 saturated heterocycles. The summed E-state index contributed by atoms with van der Waals surface area (Å²) >= 11 is 0. The smallest absolute Gasteiger partial charge is 0.0162 e. The summed E-state index contributed by atoms with van der Waals surface area (Å²) in [6.07, 6.45) is 11.1. The Labute approximate surface area is 127 Å². The van der Waals surface area contributed by atoms with Crippen LogP contribution in [0.15, 0.2) is 24.3 Å². The molecule has 2 atom stereocenters. The zero-order valence-electron chi connectivity index (χ0n) is 14.1. The van der Waals surface area contributed by atoms with Crippen molar-refractivity contribution < 1.29 is 0 Å². The predicted molar refractivity (Wildman–Crippen MR) is 91.4 cm³/mol. The van der Waals surface area contributed by atoms with Crippen LogP contribution < -0.4 is 0 Å². The van der Waals surface area contributed by atoms with Crippen LogP contribution in [-0.2, 0) is 0 Å². The van der Waals surface area contributed by atoms with E-state index in [2.05, 4.69) is 52.0 Å². The molecule has 0 aromatic heterocycles. The number of aryl methyl sites for hydroxylation is 1. The van der Waals surface area contributed by atoms with E-state index in [9.17, 15) is 0 Å².